The highest BCUT2D eigenvalue weighted by Crippen LogP contribution is 2.37. The molecule has 0 unspecified atom stereocenters. The fourth-order valence-corrected chi connectivity index (χ4v) is 3.14. The number of aromatic hydroxyl groups is 1. The van der Waals surface area contributed by atoms with Crippen LogP contribution in [0.1, 0.15) is 30.4 Å². The molecule has 1 fully saturated rings. The van der Waals surface area contributed by atoms with E-state index in [0.29, 0.717) is 17.0 Å². The second kappa shape index (κ2) is 7.90. The zero-order chi connectivity index (χ0) is 19.4. The van der Waals surface area contributed by atoms with Gasteiger partial charge in [0.2, 0.25) is 0 Å². The summed E-state index contributed by atoms with van der Waals surface area (Å²) in [5.41, 5.74) is 0.794. The van der Waals surface area contributed by atoms with Gasteiger partial charge in [0.1, 0.15) is 0 Å². The van der Waals surface area contributed by atoms with Gasteiger partial charge >= 0.3 is 6.18 Å². The number of phenols is 1. The Balaban J connectivity index is 1.96. The number of benzene rings is 2. The number of ether oxygens (including phenoxy) is 1. The molecule has 0 atom stereocenters. The highest BCUT2D eigenvalue weighted by atomic mass is 19.4. The standard InChI is InChI=1S/C20H21F3N2O2/c1-27-19-8-5-14(11-18(19)26)13-24-16-12-15(20(21,22)23)6-7-17(16)25-9-3-2-4-10-25/h5-8,11-13,26H,2-4,9-10H2,1H3. The monoisotopic (exact) mass is 378 g/mol. The van der Waals surface area contributed by atoms with Crippen molar-refractivity contribution < 1.29 is 23.0 Å². The van der Waals surface area contributed by atoms with Gasteiger partial charge in [0, 0.05) is 19.3 Å². The smallest absolute Gasteiger partial charge is 0.416 e. The van der Waals surface area contributed by atoms with Crippen LogP contribution >= 0.6 is 0 Å². The van der Waals surface area contributed by atoms with Crippen LogP contribution in [0, 0.1) is 0 Å². The fourth-order valence-electron chi connectivity index (χ4n) is 3.14. The second-order valence-corrected chi connectivity index (χ2v) is 6.44. The number of anilines is 1. The molecule has 7 heteroatoms. The molecule has 2 aromatic carbocycles. The van der Waals surface area contributed by atoms with E-state index in [1.807, 2.05) is 0 Å². The van der Waals surface area contributed by atoms with E-state index in [2.05, 4.69) is 9.89 Å². The molecule has 0 saturated carbocycles. The highest BCUT2D eigenvalue weighted by molar-refractivity contribution is 5.85. The topological polar surface area (TPSA) is 45.1 Å². The lowest BCUT2D eigenvalue weighted by Crippen LogP contribution is -2.29. The van der Waals surface area contributed by atoms with Crippen LogP contribution in [-0.4, -0.2) is 31.5 Å². The van der Waals surface area contributed by atoms with Gasteiger partial charge < -0.3 is 14.7 Å². The van der Waals surface area contributed by atoms with Gasteiger partial charge in [-0.05, 0) is 61.2 Å². The number of halogens is 3. The van der Waals surface area contributed by atoms with Crippen molar-refractivity contribution in [1.82, 2.24) is 0 Å². The molecule has 1 saturated heterocycles. The van der Waals surface area contributed by atoms with E-state index in [1.165, 1.54) is 25.5 Å². The molecule has 1 N–H and O–H groups in total. The van der Waals surface area contributed by atoms with Gasteiger partial charge in [-0.3, -0.25) is 4.99 Å². The first-order chi connectivity index (χ1) is 12.9. The molecule has 1 aliphatic heterocycles. The molecule has 4 nitrogen and oxygen atoms in total. The normalized spacial score (nSPS) is 15.3. The van der Waals surface area contributed by atoms with Crippen molar-refractivity contribution in [1.29, 1.82) is 0 Å². The maximum Gasteiger partial charge on any atom is 0.416 e. The van der Waals surface area contributed by atoms with Crippen LogP contribution in [0.4, 0.5) is 24.5 Å². The number of methoxy groups -OCH3 is 1. The Labute approximate surface area is 155 Å². The SMILES string of the molecule is COc1ccc(C=Nc2cc(C(F)(F)F)ccc2N2CCCCC2)cc1O. The summed E-state index contributed by atoms with van der Waals surface area (Å²) in [6.07, 6.45) is 0.166. The van der Waals surface area contributed by atoms with E-state index in [0.717, 1.165) is 44.5 Å². The van der Waals surface area contributed by atoms with Gasteiger partial charge in [-0.1, -0.05) is 0 Å². The van der Waals surface area contributed by atoms with Gasteiger partial charge in [-0.25, -0.2) is 0 Å². The van der Waals surface area contributed by atoms with Crippen molar-refractivity contribution >= 4 is 17.6 Å². The molecule has 0 bridgehead atoms. The summed E-state index contributed by atoms with van der Waals surface area (Å²) < 4.78 is 44.4. The van der Waals surface area contributed by atoms with Crippen molar-refractivity contribution in [2.45, 2.75) is 25.4 Å². The number of hydrogen-bond donors (Lipinski definition) is 1. The Morgan fingerprint density at radius 1 is 1.07 bits per heavy atom. The molecule has 0 spiro atoms. The van der Waals surface area contributed by atoms with Crippen LogP contribution in [-0.2, 0) is 6.18 Å². The summed E-state index contributed by atoms with van der Waals surface area (Å²) in [5.74, 6) is 0.266. The molecule has 2 aromatic rings. The molecule has 0 radical (unpaired) electrons. The zero-order valence-corrected chi connectivity index (χ0v) is 15.0. The lowest BCUT2D eigenvalue weighted by atomic mass is 10.1. The zero-order valence-electron chi connectivity index (χ0n) is 15.0. The van der Waals surface area contributed by atoms with Crippen LogP contribution in [0.25, 0.3) is 0 Å². The van der Waals surface area contributed by atoms with Crippen LogP contribution < -0.4 is 9.64 Å². The molecule has 144 valence electrons. The molecule has 1 heterocycles. The van der Waals surface area contributed by atoms with E-state index in [1.54, 1.807) is 12.1 Å². The predicted octanol–water partition coefficient (Wildman–Crippen LogP) is 5.16. The summed E-state index contributed by atoms with van der Waals surface area (Å²) in [6, 6.07) is 8.37. The average Bonchev–Trinajstić information content (AvgIpc) is 2.66. The second-order valence-electron chi connectivity index (χ2n) is 6.44. The van der Waals surface area contributed by atoms with E-state index in [9.17, 15) is 18.3 Å². The van der Waals surface area contributed by atoms with Crippen molar-refractivity contribution in [3.05, 3.63) is 47.5 Å². The number of hydrogen-bond acceptors (Lipinski definition) is 4. The van der Waals surface area contributed by atoms with Crippen LogP contribution in [0.5, 0.6) is 11.5 Å². The molecule has 0 aliphatic carbocycles. The predicted molar refractivity (Wildman–Crippen MR) is 99.4 cm³/mol. The number of phenolic OH excluding ortho intramolecular Hbond substituents is 1. The van der Waals surface area contributed by atoms with E-state index >= 15 is 0 Å². The van der Waals surface area contributed by atoms with Gasteiger partial charge in [-0.15, -0.1) is 0 Å². The van der Waals surface area contributed by atoms with Crippen molar-refractivity contribution in [2.24, 2.45) is 4.99 Å². The number of aliphatic imine (C=N–C) groups is 1. The molecule has 0 amide bonds. The molecule has 27 heavy (non-hydrogen) atoms. The lowest BCUT2D eigenvalue weighted by molar-refractivity contribution is -0.137. The third kappa shape index (κ3) is 4.53. The first-order valence-electron chi connectivity index (χ1n) is 8.76. The van der Waals surface area contributed by atoms with Crippen LogP contribution in [0.3, 0.4) is 0 Å². The number of piperidine rings is 1. The van der Waals surface area contributed by atoms with Gasteiger partial charge in [0.15, 0.2) is 11.5 Å². The van der Waals surface area contributed by atoms with Crippen molar-refractivity contribution in [2.75, 3.05) is 25.1 Å². The Morgan fingerprint density at radius 2 is 1.81 bits per heavy atom. The van der Waals surface area contributed by atoms with Crippen LogP contribution in [0.15, 0.2) is 41.4 Å². The Hall–Kier alpha value is -2.70. The fraction of sp³-hybridized carbons (Fsp3) is 0.350. The highest BCUT2D eigenvalue weighted by Gasteiger charge is 2.31. The summed E-state index contributed by atoms with van der Waals surface area (Å²) in [5, 5.41) is 9.85. The summed E-state index contributed by atoms with van der Waals surface area (Å²) in [7, 11) is 1.44. The van der Waals surface area contributed by atoms with Crippen molar-refractivity contribution in [3.63, 3.8) is 0 Å². The maximum absolute atomic E-state index is 13.1. The van der Waals surface area contributed by atoms with Crippen LogP contribution in [0.2, 0.25) is 0 Å². The summed E-state index contributed by atoms with van der Waals surface area (Å²) in [4.78, 5) is 6.38. The summed E-state index contributed by atoms with van der Waals surface area (Å²) in [6.45, 7) is 1.61. The van der Waals surface area contributed by atoms with E-state index in [4.69, 9.17) is 4.74 Å². The first-order valence-corrected chi connectivity index (χ1v) is 8.76. The minimum atomic E-state index is -4.43. The third-order valence-electron chi connectivity index (χ3n) is 4.56. The first kappa shape index (κ1) is 19.1. The molecule has 0 aromatic heterocycles. The number of nitrogens with zero attached hydrogens (tertiary/aromatic N) is 2. The van der Waals surface area contributed by atoms with Gasteiger partial charge in [0.05, 0.1) is 24.0 Å². The van der Waals surface area contributed by atoms with Gasteiger partial charge in [0.25, 0.3) is 0 Å². The van der Waals surface area contributed by atoms with Gasteiger partial charge in [-0.2, -0.15) is 13.2 Å². The minimum absolute atomic E-state index is 0.0539. The Bertz CT molecular complexity index is 828. The van der Waals surface area contributed by atoms with E-state index < -0.39 is 11.7 Å². The average molecular weight is 378 g/mol. The Morgan fingerprint density at radius 3 is 2.44 bits per heavy atom. The molecular formula is C20H21F3N2O2. The minimum Gasteiger partial charge on any atom is -0.504 e. The third-order valence-corrected chi connectivity index (χ3v) is 4.56. The Kier molecular flexibility index (Phi) is 5.58. The number of alkyl halides is 3. The molecule has 3 rings (SSSR count). The maximum atomic E-state index is 13.1. The van der Waals surface area contributed by atoms with Crippen molar-refractivity contribution in [3.8, 4) is 11.5 Å². The van der Waals surface area contributed by atoms with E-state index in [-0.39, 0.29) is 11.4 Å². The molecular weight excluding hydrogens is 357 g/mol. The summed E-state index contributed by atoms with van der Waals surface area (Å²) >= 11 is 0. The molecule has 1 aliphatic rings. The largest absolute Gasteiger partial charge is 0.504 e. The quantitative estimate of drug-likeness (QED) is 0.748. The lowest BCUT2D eigenvalue weighted by Gasteiger charge is -2.30. The number of rotatable bonds is 4.